The molecule has 2 aromatic carbocycles. The van der Waals surface area contributed by atoms with Gasteiger partial charge >= 0.3 is 5.97 Å². The van der Waals surface area contributed by atoms with Gasteiger partial charge in [0.1, 0.15) is 6.04 Å². The molecule has 174 valence electrons. The molecule has 0 radical (unpaired) electrons. The lowest BCUT2D eigenvalue weighted by Crippen LogP contribution is -2.30. The fraction of sp³-hybridized carbons (Fsp3) is 0.217. The lowest BCUT2D eigenvalue weighted by Gasteiger charge is -2.12. The molecule has 0 bridgehead atoms. The van der Waals surface area contributed by atoms with Gasteiger partial charge < -0.3 is 16.2 Å². The number of rotatable bonds is 9. The molecule has 4 N–H and O–H groups in total. The number of nitrogens with one attached hydrogen (secondary N) is 1. The van der Waals surface area contributed by atoms with Gasteiger partial charge in [-0.05, 0) is 54.5 Å². The van der Waals surface area contributed by atoms with Crippen molar-refractivity contribution in [2.75, 3.05) is 11.9 Å². The molecule has 1 atom stereocenters. The zero-order chi connectivity index (χ0) is 24.1. The quantitative estimate of drug-likeness (QED) is 0.308. The third kappa shape index (κ3) is 5.36. The van der Waals surface area contributed by atoms with E-state index >= 15 is 0 Å². The number of nitrogens with zero attached hydrogens (tertiary/aromatic N) is 6. The van der Waals surface area contributed by atoms with E-state index in [1.807, 2.05) is 49.4 Å². The summed E-state index contributed by atoms with van der Waals surface area (Å²) in [7, 11) is 0. The minimum Gasteiger partial charge on any atom is -0.480 e. The number of carboxylic acids is 1. The summed E-state index contributed by atoms with van der Waals surface area (Å²) >= 11 is 6.25. The SMILES string of the molecule is Cc1ccc(-n2nnnc2-c2cnc(NCCC[C@H](N)C(=O)O)nc2-c2cccc(Cl)c2)cc1. The van der Waals surface area contributed by atoms with E-state index in [1.165, 1.54) is 0 Å². The summed E-state index contributed by atoms with van der Waals surface area (Å²) in [4.78, 5) is 20.0. The summed E-state index contributed by atoms with van der Waals surface area (Å²) < 4.78 is 1.63. The van der Waals surface area contributed by atoms with Crippen molar-refractivity contribution in [3.63, 3.8) is 0 Å². The number of tetrazole rings is 1. The Morgan fingerprint density at radius 1 is 1.24 bits per heavy atom. The molecule has 0 aliphatic heterocycles. The van der Waals surface area contributed by atoms with Gasteiger partial charge in [-0.25, -0.2) is 9.97 Å². The van der Waals surface area contributed by atoms with Crippen LogP contribution in [0.15, 0.2) is 54.7 Å². The van der Waals surface area contributed by atoms with E-state index in [1.54, 1.807) is 16.9 Å². The highest BCUT2D eigenvalue weighted by Crippen LogP contribution is 2.31. The Hall–Kier alpha value is -3.89. The average Bonchev–Trinajstić information content (AvgIpc) is 3.31. The largest absolute Gasteiger partial charge is 0.480 e. The molecule has 34 heavy (non-hydrogen) atoms. The summed E-state index contributed by atoms with van der Waals surface area (Å²) in [5.74, 6) is -0.148. The smallest absolute Gasteiger partial charge is 0.320 e. The molecule has 0 fully saturated rings. The van der Waals surface area contributed by atoms with Crippen LogP contribution in [0.3, 0.4) is 0 Å². The van der Waals surface area contributed by atoms with Gasteiger partial charge in [-0.1, -0.05) is 41.4 Å². The molecular formula is C23H23ClN8O2. The molecule has 0 spiro atoms. The van der Waals surface area contributed by atoms with E-state index in [2.05, 4.69) is 25.8 Å². The molecule has 0 saturated carbocycles. The Morgan fingerprint density at radius 3 is 2.76 bits per heavy atom. The molecule has 0 unspecified atom stereocenters. The van der Waals surface area contributed by atoms with Crippen molar-refractivity contribution in [1.82, 2.24) is 30.2 Å². The van der Waals surface area contributed by atoms with Gasteiger partial charge in [0.05, 0.1) is 16.9 Å². The Bertz CT molecular complexity index is 1290. The molecule has 4 aromatic rings. The summed E-state index contributed by atoms with van der Waals surface area (Å²) in [6, 6.07) is 14.3. The van der Waals surface area contributed by atoms with E-state index in [-0.39, 0.29) is 0 Å². The Morgan fingerprint density at radius 2 is 2.03 bits per heavy atom. The van der Waals surface area contributed by atoms with Crippen LogP contribution < -0.4 is 11.1 Å². The highest BCUT2D eigenvalue weighted by molar-refractivity contribution is 6.30. The van der Waals surface area contributed by atoms with Gasteiger partial charge in [-0.2, -0.15) is 4.68 Å². The van der Waals surface area contributed by atoms with Gasteiger partial charge in [0.2, 0.25) is 5.95 Å². The average molecular weight is 479 g/mol. The molecule has 0 aliphatic rings. The fourth-order valence-corrected chi connectivity index (χ4v) is 3.54. The second-order valence-electron chi connectivity index (χ2n) is 7.73. The molecule has 2 heterocycles. The van der Waals surface area contributed by atoms with Gasteiger partial charge in [0, 0.05) is 23.3 Å². The van der Waals surface area contributed by atoms with Crippen molar-refractivity contribution < 1.29 is 9.90 Å². The number of halogens is 1. The first kappa shape index (κ1) is 23.3. The van der Waals surface area contributed by atoms with Crippen molar-refractivity contribution in [2.24, 2.45) is 5.73 Å². The van der Waals surface area contributed by atoms with Gasteiger partial charge in [-0.3, -0.25) is 4.79 Å². The van der Waals surface area contributed by atoms with E-state index in [9.17, 15) is 4.79 Å². The second kappa shape index (κ2) is 10.4. The van der Waals surface area contributed by atoms with Crippen molar-refractivity contribution in [1.29, 1.82) is 0 Å². The zero-order valence-electron chi connectivity index (χ0n) is 18.4. The predicted molar refractivity (Wildman–Crippen MR) is 129 cm³/mol. The topological polar surface area (TPSA) is 145 Å². The van der Waals surface area contributed by atoms with E-state index in [0.29, 0.717) is 47.4 Å². The third-order valence-corrected chi connectivity index (χ3v) is 5.40. The maximum Gasteiger partial charge on any atom is 0.320 e. The van der Waals surface area contributed by atoms with Crippen molar-refractivity contribution in [3.05, 3.63) is 65.3 Å². The molecular weight excluding hydrogens is 456 g/mol. The molecule has 0 aliphatic carbocycles. The summed E-state index contributed by atoms with van der Waals surface area (Å²) in [5.41, 5.74) is 9.50. The minimum absolute atomic E-state index is 0.340. The predicted octanol–water partition coefficient (Wildman–Crippen LogP) is 3.35. The second-order valence-corrected chi connectivity index (χ2v) is 8.17. The van der Waals surface area contributed by atoms with E-state index in [0.717, 1.165) is 16.8 Å². The Kier molecular flexibility index (Phi) is 7.09. The highest BCUT2D eigenvalue weighted by atomic mass is 35.5. The van der Waals surface area contributed by atoms with Crippen molar-refractivity contribution in [2.45, 2.75) is 25.8 Å². The van der Waals surface area contributed by atoms with E-state index in [4.69, 9.17) is 27.4 Å². The van der Waals surface area contributed by atoms with Crippen LogP contribution in [0.1, 0.15) is 18.4 Å². The van der Waals surface area contributed by atoms with Crippen LogP contribution >= 0.6 is 11.6 Å². The maximum atomic E-state index is 10.9. The molecule has 10 nitrogen and oxygen atoms in total. The molecule has 4 rings (SSSR count). The number of anilines is 1. The normalized spacial score (nSPS) is 11.9. The minimum atomic E-state index is -1.02. The van der Waals surface area contributed by atoms with E-state index < -0.39 is 12.0 Å². The molecule has 11 heteroatoms. The number of nitrogens with two attached hydrogens (primary N) is 1. The Balaban J connectivity index is 1.68. The van der Waals surface area contributed by atoms with Gasteiger partial charge in [0.25, 0.3) is 0 Å². The maximum absolute atomic E-state index is 10.9. The lowest BCUT2D eigenvalue weighted by atomic mass is 10.1. The standard InChI is InChI=1S/C23H23ClN8O2/c1-14-7-9-17(10-8-14)32-21(29-30-31-32)18-13-27-23(26-11-3-6-19(25)22(33)34)28-20(18)15-4-2-5-16(24)12-15/h2,4-5,7-10,12-13,19H,3,6,11,25H2,1H3,(H,33,34)(H,26,27,28)/t19-/m0/s1. The first-order chi connectivity index (χ1) is 16.4. The Labute approximate surface area is 200 Å². The first-order valence-electron chi connectivity index (χ1n) is 10.6. The fourth-order valence-electron chi connectivity index (χ4n) is 3.35. The van der Waals surface area contributed by atoms with Crippen LogP contribution in [0, 0.1) is 6.92 Å². The zero-order valence-corrected chi connectivity index (χ0v) is 19.1. The first-order valence-corrected chi connectivity index (χ1v) is 11.0. The van der Waals surface area contributed by atoms with Crippen LogP contribution in [0.5, 0.6) is 0 Å². The summed E-state index contributed by atoms with van der Waals surface area (Å²) in [5, 5.41) is 24.9. The summed E-state index contributed by atoms with van der Waals surface area (Å²) in [6.07, 6.45) is 2.55. The number of benzene rings is 2. The van der Waals surface area contributed by atoms with Crippen LogP contribution in [0.2, 0.25) is 5.02 Å². The third-order valence-electron chi connectivity index (χ3n) is 5.17. The number of aryl methyl sites for hydroxylation is 1. The lowest BCUT2D eigenvalue weighted by molar-refractivity contribution is -0.138. The van der Waals surface area contributed by atoms with Crippen molar-refractivity contribution in [3.8, 4) is 28.3 Å². The molecule has 0 amide bonds. The molecule has 2 aromatic heterocycles. The number of hydrogen-bond acceptors (Lipinski definition) is 8. The monoisotopic (exact) mass is 478 g/mol. The van der Waals surface area contributed by atoms with Crippen LogP contribution in [-0.2, 0) is 4.79 Å². The highest BCUT2D eigenvalue weighted by Gasteiger charge is 2.19. The van der Waals surface area contributed by atoms with Gasteiger partial charge in [0.15, 0.2) is 5.82 Å². The number of carboxylic acid groups (broad SMARTS) is 1. The summed E-state index contributed by atoms with van der Waals surface area (Å²) in [6.45, 7) is 2.48. The van der Waals surface area contributed by atoms with Crippen LogP contribution in [-0.4, -0.2) is 53.8 Å². The number of aliphatic carboxylic acids is 1. The van der Waals surface area contributed by atoms with Crippen LogP contribution in [0.25, 0.3) is 28.3 Å². The number of carbonyl (C=O) groups is 1. The van der Waals surface area contributed by atoms with Crippen molar-refractivity contribution >= 4 is 23.5 Å². The van der Waals surface area contributed by atoms with Gasteiger partial charge in [-0.15, -0.1) is 5.10 Å². The number of hydrogen-bond donors (Lipinski definition) is 3. The molecule has 0 saturated heterocycles. The number of aromatic nitrogens is 6. The van der Waals surface area contributed by atoms with Crippen LogP contribution in [0.4, 0.5) is 5.95 Å².